The number of fused-ring (bicyclic) bond motifs is 1. The summed E-state index contributed by atoms with van der Waals surface area (Å²) in [6.07, 6.45) is 4.30. The SMILES string of the molecule is O=C(CCCN1C(=O)c2ccccc2C1=O)NCc1ccccc1Cn1cccn1. The second-order valence-corrected chi connectivity index (χ2v) is 7.16. The minimum atomic E-state index is -0.288. The van der Waals surface area contributed by atoms with Gasteiger partial charge < -0.3 is 5.32 Å². The summed E-state index contributed by atoms with van der Waals surface area (Å²) in [5.41, 5.74) is 2.98. The van der Waals surface area contributed by atoms with Gasteiger partial charge in [-0.2, -0.15) is 5.10 Å². The average Bonchev–Trinajstić information content (AvgIpc) is 3.36. The lowest BCUT2D eigenvalue weighted by atomic mass is 10.1. The molecule has 0 atom stereocenters. The van der Waals surface area contributed by atoms with Crippen molar-refractivity contribution in [3.05, 3.63) is 89.2 Å². The summed E-state index contributed by atoms with van der Waals surface area (Å²) in [4.78, 5) is 38.2. The third-order valence-electron chi connectivity index (χ3n) is 5.15. The van der Waals surface area contributed by atoms with Crippen molar-refractivity contribution in [3.8, 4) is 0 Å². The van der Waals surface area contributed by atoms with Gasteiger partial charge in [-0.15, -0.1) is 0 Å². The fraction of sp³-hybridized carbons (Fsp3) is 0.217. The molecule has 2 heterocycles. The lowest BCUT2D eigenvalue weighted by molar-refractivity contribution is -0.121. The van der Waals surface area contributed by atoms with Gasteiger partial charge in [0.1, 0.15) is 0 Å². The Hall–Kier alpha value is -3.74. The van der Waals surface area contributed by atoms with E-state index in [-0.39, 0.29) is 30.7 Å². The topological polar surface area (TPSA) is 84.3 Å². The number of nitrogens with zero attached hydrogens (tertiary/aromatic N) is 3. The van der Waals surface area contributed by atoms with E-state index < -0.39 is 0 Å². The molecule has 7 heteroatoms. The van der Waals surface area contributed by atoms with Gasteiger partial charge in [-0.1, -0.05) is 36.4 Å². The predicted molar refractivity (Wildman–Crippen MR) is 111 cm³/mol. The van der Waals surface area contributed by atoms with Gasteiger partial charge in [0.05, 0.1) is 17.7 Å². The zero-order valence-electron chi connectivity index (χ0n) is 16.5. The average molecular weight is 402 g/mol. The van der Waals surface area contributed by atoms with E-state index in [1.807, 2.05) is 41.2 Å². The van der Waals surface area contributed by atoms with E-state index in [0.717, 1.165) is 11.1 Å². The Morgan fingerprint density at radius 2 is 1.57 bits per heavy atom. The van der Waals surface area contributed by atoms with Crippen LogP contribution in [0.4, 0.5) is 0 Å². The minimum absolute atomic E-state index is 0.111. The number of carbonyl (C=O) groups excluding carboxylic acids is 3. The number of aromatic nitrogens is 2. The normalized spacial score (nSPS) is 12.9. The lowest BCUT2D eigenvalue weighted by Crippen LogP contribution is -2.32. The number of amides is 3. The molecular weight excluding hydrogens is 380 g/mol. The van der Waals surface area contributed by atoms with Gasteiger partial charge in [0, 0.05) is 31.9 Å². The van der Waals surface area contributed by atoms with Crippen molar-refractivity contribution in [2.24, 2.45) is 0 Å². The maximum absolute atomic E-state index is 12.4. The Morgan fingerprint density at radius 1 is 0.900 bits per heavy atom. The molecule has 0 radical (unpaired) electrons. The van der Waals surface area contributed by atoms with Crippen LogP contribution >= 0.6 is 0 Å². The zero-order valence-corrected chi connectivity index (χ0v) is 16.5. The number of carbonyl (C=O) groups is 3. The van der Waals surface area contributed by atoms with Crippen LogP contribution in [-0.2, 0) is 17.9 Å². The molecule has 1 aliphatic rings. The zero-order chi connectivity index (χ0) is 20.9. The first-order valence-corrected chi connectivity index (χ1v) is 9.89. The first-order chi connectivity index (χ1) is 14.6. The van der Waals surface area contributed by atoms with Gasteiger partial charge in [-0.05, 0) is 35.7 Å². The quantitative estimate of drug-likeness (QED) is 0.587. The maximum Gasteiger partial charge on any atom is 0.261 e. The summed E-state index contributed by atoms with van der Waals surface area (Å²) in [6.45, 7) is 1.29. The molecule has 4 rings (SSSR count). The molecule has 2 aromatic carbocycles. The molecule has 0 unspecified atom stereocenters. The molecule has 0 bridgehead atoms. The Kier molecular flexibility index (Phi) is 5.70. The van der Waals surface area contributed by atoms with Gasteiger partial charge in [-0.25, -0.2) is 0 Å². The Balaban J connectivity index is 1.27. The summed E-state index contributed by atoms with van der Waals surface area (Å²) in [5, 5.41) is 7.15. The van der Waals surface area contributed by atoms with Gasteiger partial charge in [0.15, 0.2) is 0 Å². The number of imide groups is 1. The second kappa shape index (κ2) is 8.73. The van der Waals surface area contributed by atoms with Crippen LogP contribution in [0.3, 0.4) is 0 Å². The van der Waals surface area contributed by atoms with Crippen molar-refractivity contribution in [1.82, 2.24) is 20.0 Å². The van der Waals surface area contributed by atoms with E-state index in [1.54, 1.807) is 30.5 Å². The molecule has 0 aliphatic carbocycles. The Morgan fingerprint density at radius 3 is 2.23 bits per heavy atom. The van der Waals surface area contributed by atoms with E-state index in [9.17, 15) is 14.4 Å². The number of benzene rings is 2. The molecule has 1 N–H and O–H groups in total. The van der Waals surface area contributed by atoms with Crippen molar-refractivity contribution in [1.29, 1.82) is 0 Å². The third kappa shape index (κ3) is 4.15. The van der Waals surface area contributed by atoms with Crippen molar-refractivity contribution < 1.29 is 14.4 Å². The highest BCUT2D eigenvalue weighted by Gasteiger charge is 2.34. The van der Waals surface area contributed by atoms with Crippen molar-refractivity contribution in [3.63, 3.8) is 0 Å². The van der Waals surface area contributed by atoms with Crippen LogP contribution in [0, 0.1) is 0 Å². The fourth-order valence-corrected chi connectivity index (χ4v) is 3.57. The van der Waals surface area contributed by atoms with Crippen molar-refractivity contribution >= 4 is 17.7 Å². The van der Waals surface area contributed by atoms with Crippen LogP contribution < -0.4 is 5.32 Å². The minimum Gasteiger partial charge on any atom is -0.352 e. The molecule has 0 saturated carbocycles. The van der Waals surface area contributed by atoms with Gasteiger partial charge in [-0.3, -0.25) is 24.0 Å². The molecule has 3 amide bonds. The molecule has 3 aromatic rings. The Labute approximate surface area is 174 Å². The van der Waals surface area contributed by atoms with Crippen molar-refractivity contribution in [2.45, 2.75) is 25.9 Å². The molecule has 0 saturated heterocycles. The van der Waals surface area contributed by atoms with E-state index in [2.05, 4.69) is 10.4 Å². The molecule has 0 fully saturated rings. The smallest absolute Gasteiger partial charge is 0.261 e. The Bertz CT molecular complexity index is 1040. The third-order valence-corrected chi connectivity index (χ3v) is 5.15. The number of nitrogens with one attached hydrogen (secondary N) is 1. The highest BCUT2D eigenvalue weighted by Crippen LogP contribution is 2.22. The van der Waals surface area contributed by atoms with Crippen LogP contribution in [0.25, 0.3) is 0 Å². The maximum atomic E-state index is 12.4. The summed E-state index contributed by atoms with van der Waals surface area (Å²) in [6, 6.07) is 16.6. The standard InChI is InChI=1S/C23H22N4O3/c28-21(11-5-14-27-22(29)19-9-3-4-10-20(19)23(27)30)24-15-17-7-1-2-8-18(17)16-26-13-6-12-25-26/h1-4,6-10,12-13H,5,11,14-16H2,(H,24,28). The van der Waals surface area contributed by atoms with Gasteiger partial charge in [0.25, 0.3) is 11.8 Å². The molecule has 7 nitrogen and oxygen atoms in total. The highest BCUT2D eigenvalue weighted by atomic mass is 16.2. The monoisotopic (exact) mass is 402 g/mol. The first-order valence-electron chi connectivity index (χ1n) is 9.89. The van der Waals surface area contributed by atoms with Gasteiger partial charge >= 0.3 is 0 Å². The number of rotatable bonds is 8. The summed E-state index contributed by atoms with van der Waals surface area (Å²) < 4.78 is 1.84. The van der Waals surface area contributed by atoms with Crippen LogP contribution in [-0.4, -0.2) is 38.9 Å². The van der Waals surface area contributed by atoms with E-state index in [4.69, 9.17) is 0 Å². The summed E-state index contributed by atoms with van der Waals surface area (Å²) >= 11 is 0. The fourth-order valence-electron chi connectivity index (χ4n) is 3.57. The van der Waals surface area contributed by atoms with E-state index in [0.29, 0.717) is 30.6 Å². The van der Waals surface area contributed by atoms with E-state index >= 15 is 0 Å². The van der Waals surface area contributed by atoms with Crippen LogP contribution in [0.15, 0.2) is 67.0 Å². The molecule has 152 valence electrons. The highest BCUT2D eigenvalue weighted by molar-refractivity contribution is 6.21. The van der Waals surface area contributed by atoms with Crippen LogP contribution in [0.2, 0.25) is 0 Å². The van der Waals surface area contributed by atoms with Crippen molar-refractivity contribution in [2.75, 3.05) is 6.54 Å². The number of hydrogen-bond donors (Lipinski definition) is 1. The molecule has 30 heavy (non-hydrogen) atoms. The second-order valence-electron chi connectivity index (χ2n) is 7.16. The lowest BCUT2D eigenvalue weighted by Gasteiger charge is -2.14. The molecular formula is C23H22N4O3. The summed E-state index contributed by atoms with van der Waals surface area (Å²) in [5.74, 6) is -0.687. The first kappa shape index (κ1) is 19.6. The number of hydrogen-bond acceptors (Lipinski definition) is 4. The predicted octanol–water partition coefficient (Wildman–Crippen LogP) is 2.62. The molecule has 1 aliphatic heterocycles. The largest absolute Gasteiger partial charge is 0.352 e. The molecule has 0 spiro atoms. The van der Waals surface area contributed by atoms with Crippen LogP contribution in [0.5, 0.6) is 0 Å². The van der Waals surface area contributed by atoms with E-state index in [1.165, 1.54) is 4.90 Å². The summed E-state index contributed by atoms with van der Waals surface area (Å²) in [7, 11) is 0. The van der Waals surface area contributed by atoms with Gasteiger partial charge in [0.2, 0.25) is 5.91 Å². The molecule has 1 aromatic heterocycles. The van der Waals surface area contributed by atoms with Crippen LogP contribution in [0.1, 0.15) is 44.7 Å².